The third-order valence-electron chi connectivity index (χ3n) is 7.31. The van der Waals surface area contributed by atoms with Crippen LogP contribution in [0.5, 0.6) is 0 Å². The Morgan fingerprint density at radius 3 is 2.36 bits per heavy atom. The molecule has 0 bridgehead atoms. The number of aliphatic imine (C=N–C) groups is 1. The molecule has 1 aliphatic carbocycles. The summed E-state index contributed by atoms with van der Waals surface area (Å²) >= 11 is 0. The average molecular weight is 511 g/mol. The van der Waals surface area contributed by atoms with E-state index >= 15 is 0 Å². The van der Waals surface area contributed by atoms with Crippen molar-refractivity contribution in [2.45, 2.75) is 58.3 Å². The van der Waals surface area contributed by atoms with Crippen molar-refractivity contribution in [3.8, 4) is 0 Å². The molecule has 36 heavy (non-hydrogen) atoms. The molecule has 1 N–H and O–H groups in total. The van der Waals surface area contributed by atoms with Crippen molar-refractivity contribution < 1.29 is 13.2 Å². The van der Waals surface area contributed by atoms with E-state index in [0.29, 0.717) is 17.2 Å². The third kappa shape index (κ3) is 5.43. The number of hydrogen-bond acceptors (Lipinski definition) is 5. The van der Waals surface area contributed by atoms with E-state index in [9.17, 15) is 13.2 Å². The van der Waals surface area contributed by atoms with E-state index in [1.165, 1.54) is 16.4 Å². The summed E-state index contributed by atoms with van der Waals surface area (Å²) in [6.45, 7) is 11.1. The molecule has 1 heterocycles. The predicted molar refractivity (Wildman–Crippen MR) is 147 cm³/mol. The van der Waals surface area contributed by atoms with Gasteiger partial charge >= 0.3 is 0 Å². The Hall–Kier alpha value is -2.87. The number of hydrogen-bond donors (Lipinski definition) is 1. The van der Waals surface area contributed by atoms with Gasteiger partial charge in [-0.05, 0) is 74.1 Å². The lowest BCUT2D eigenvalue weighted by Crippen LogP contribution is -2.42. The lowest BCUT2D eigenvalue weighted by molar-refractivity contribution is 0.0651. The highest BCUT2D eigenvalue weighted by Crippen LogP contribution is 2.41. The first kappa shape index (κ1) is 26.2. The Bertz CT molecular complexity index is 1250. The first-order valence-electron chi connectivity index (χ1n) is 12.8. The van der Waals surface area contributed by atoms with E-state index in [1.807, 2.05) is 18.2 Å². The Morgan fingerprint density at radius 2 is 1.83 bits per heavy atom. The van der Waals surface area contributed by atoms with Crippen LogP contribution >= 0.6 is 0 Å². The quantitative estimate of drug-likeness (QED) is 0.469. The molecule has 1 saturated carbocycles. The summed E-state index contributed by atoms with van der Waals surface area (Å²) in [5.41, 5.74) is 3.93. The molecule has 2 fully saturated rings. The van der Waals surface area contributed by atoms with Crippen molar-refractivity contribution in [2.75, 3.05) is 36.3 Å². The average Bonchev–Trinajstić information content (AvgIpc) is 2.80. The zero-order chi connectivity index (χ0) is 26.1. The number of sulfonamides is 1. The third-order valence-corrected chi connectivity index (χ3v) is 9.11. The van der Waals surface area contributed by atoms with Gasteiger partial charge < -0.3 is 10.2 Å². The van der Waals surface area contributed by atoms with Crippen molar-refractivity contribution in [1.29, 1.82) is 0 Å². The maximum Gasteiger partial charge on any atom is 0.264 e. The molecule has 0 aromatic heterocycles. The van der Waals surface area contributed by atoms with Crippen molar-refractivity contribution in [2.24, 2.45) is 16.3 Å². The summed E-state index contributed by atoms with van der Waals surface area (Å²) in [7, 11) is -2.25. The van der Waals surface area contributed by atoms with Crippen LogP contribution in [0.1, 0.15) is 63.7 Å². The number of nitrogens with one attached hydrogen (secondary N) is 1. The normalized spacial score (nSPS) is 18.1. The smallest absolute Gasteiger partial charge is 0.264 e. The fourth-order valence-electron chi connectivity index (χ4n) is 4.31. The van der Waals surface area contributed by atoms with Crippen LogP contribution in [0.3, 0.4) is 0 Å². The second kappa shape index (κ2) is 10.2. The van der Waals surface area contributed by atoms with Crippen LogP contribution in [0.15, 0.2) is 52.4 Å². The molecule has 0 unspecified atom stereocenters. The lowest BCUT2D eigenvalue weighted by Gasteiger charge is -2.36. The van der Waals surface area contributed by atoms with Gasteiger partial charge in [0, 0.05) is 43.4 Å². The summed E-state index contributed by atoms with van der Waals surface area (Å²) in [6.07, 6.45) is 4.11. The first-order valence-corrected chi connectivity index (χ1v) is 14.3. The van der Waals surface area contributed by atoms with E-state index in [1.54, 1.807) is 24.1 Å². The topological polar surface area (TPSA) is 82.1 Å². The Kier molecular flexibility index (Phi) is 7.46. The van der Waals surface area contributed by atoms with Crippen LogP contribution in [0.4, 0.5) is 17.1 Å². The van der Waals surface area contributed by atoms with Crippen LogP contribution in [-0.2, 0) is 10.0 Å². The molecular formula is C28H38N4O3S. The number of likely N-dealkylation sites (tertiary alicyclic amines) is 1. The van der Waals surface area contributed by atoms with Gasteiger partial charge in [0.1, 0.15) is 0 Å². The summed E-state index contributed by atoms with van der Waals surface area (Å²) in [4.78, 5) is 19.3. The van der Waals surface area contributed by atoms with Crippen LogP contribution < -0.4 is 9.62 Å². The van der Waals surface area contributed by atoms with Crippen LogP contribution in [0.2, 0.25) is 0 Å². The summed E-state index contributed by atoms with van der Waals surface area (Å²) in [6, 6.07) is 11.8. The molecule has 2 aromatic carbocycles. The zero-order valence-electron chi connectivity index (χ0n) is 22.0. The second-order valence-corrected chi connectivity index (χ2v) is 12.9. The maximum absolute atomic E-state index is 13.4. The number of carbonyl (C=O) groups excluding carboxylic acids is 1. The molecule has 7 nitrogen and oxygen atoms in total. The predicted octanol–water partition coefficient (Wildman–Crippen LogP) is 5.71. The molecule has 8 heteroatoms. The Labute approximate surface area is 215 Å². The van der Waals surface area contributed by atoms with Crippen LogP contribution in [0, 0.1) is 11.3 Å². The number of benzene rings is 2. The SMILES string of the molecule is CC(C)CCNc1ccc(N(C)S(=O)(=O)c2ccc(C(=O)N3CCC3)cc2)cc1N=C1CCC1(C)C. The number of nitrogens with zero attached hydrogens (tertiary/aromatic N) is 3. The van der Waals surface area contributed by atoms with E-state index in [0.717, 1.165) is 62.4 Å². The van der Waals surface area contributed by atoms with Gasteiger partial charge in [-0.3, -0.25) is 14.1 Å². The van der Waals surface area contributed by atoms with Crippen LogP contribution in [-0.4, -0.2) is 51.6 Å². The van der Waals surface area contributed by atoms with Gasteiger partial charge in [0.2, 0.25) is 0 Å². The fourth-order valence-corrected chi connectivity index (χ4v) is 5.50. The minimum absolute atomic E-state index is 0.0539. The molecule has 1 aliphatic heterocycles. The van der Waals surface area contributed by atoms with Crippen molar-refractivity contribution in [3.05, 3.63) is 48.0 Å². The van der Waals surface area contributed by atoms with Gasteiger partial charge in [-0.2, -0.15) is 0 Å². The molecule has 1 saturated heterocycles. The summed E-state index contributed by atoms with van der Waals surface area (Å²) in [5.74, 6) is 0.530. The standard InChI is InChI=1S/C28H38N4O3S/c1-20(2)14-16-29-24-12-9-22(19-25(24)30-26-13-15-28(26,3)4)31(5)36(34,35)23-10-7-21(8-11-23)27(33)32-17-6-18-32/h7-12,19-20,29H,6,13-18H2,1-5H3. The molecule has 4 rings (SSSR count). The highest BCUT2D eigenvalue weighted by Gasteiger charge is 2.34. The first-order chi connectivity index (χ1) is 17.0. The van der Waals surface area contributed by atoms with E-state index in [-0.39, 0.29) is 16.2 Å². The zero-order valence-corrected chi connectivity index (χ0v) is 22.9. The van der Waals surface area contributed by atoms with Gasteiger partial charge in [-0.15, -0.1) is 0 Å². The van der Waals surface area contributed by atoms with E-state index in [2.05, 4.69) is 33.0 Å². The number of rotatable bonds is 9. The van der Waals surface area contributed by atoms with E-state index in [4.69, 9.17) is 4.99 Å². The lowest BCUT2D eigenvalue weighted by atomic mass is 9.70. The van der Waals surface area contributed by atoms with Crippen molar-refractivity contribution in [3.63, 3.8) is 0 Å². The molecule has 0 atom stereocenters. The minimum atomic E-state index is -3.81. The maximum atomic E-state index is 13.4. The highest BCUT2D eigenvalue weighted by atomic mass is 32.2. The van der Waals surface area contributed by atoms with Crippen molar-refractivity contribution >= 4 is 38.7 Å². The monoisotopic (exact) mass is 510 g/mol. The summed E-state index contributed by atoms with van der Waals surface area (Å²) in [5, 5.41) is 3.49. The molecule has 2 aliphatic rings. The Morgan fingerprint density at radius 1 is 1.14 bits per heavy atom. The molecule has 194 valence electrons. The van der Waals surface area contributed by atoms with Gasteiger partial charge in [-0.1, -0.05) is 27.7 Å². The summed E-state index contributed by atoms with van der Waals surface area (Å²) < 4.78 is 28.1. The largest absolute Gasteiger partial charge is 0.383 e. The number of amides is 1. The van der Waals surface area contributed by atoms with Gasteiger partial charge in [0.25, 0.3) is 15.9 Å². The fraction of sp³-hybridized carbons (Fsp3) is 0.500. The molecule has 0 spiro atoms. The number of anilines is 2. The highest BCUT2D eigenvalue weighted by molar-refractivity contribution is 7.92. The minimum Gasteiger partial charge on any atom is -0.383 e. The number of carbonyl (C=O) groups is 1. The van der Waals surface area contributed by atoms with Crippen LogP contribution in [0.25, 0.3) is 0 Å². The molecular weight excluding hydrogens is 472 g/mol. The molecule has 1 amide bonds. The van der Waals surface area contributed by atoms with Gasteiger partial charge in [-0.25, -0.2) is 8.42 Å². The van der Waals surface area contributed by atoms with Gasteiger partial charge in [0.15, 0.2) is 0 Å². The van der Waals surface area contributed by atoms with Crippen molar-refractivity contribution in [1.82, 2.24) is 4.90 Å². The molecule has 2 aromatic rings. The van der Waals surface area contributed by atoms with Gasteiger partial charge in [0.05, 0.1) is 22.0 Å². The Balaban J connectivity index is 1.59. The second-order valence-electron chi connectivity index (χ2n) is 10.9. The molecule has 0 radical (unpaired) electrons. The van der Waals surface area contributed by atoms with E-state index < -0.39 is 10.0 Å².